The number of amides is 3. The smallest absolute Gasteiger partial charge is 0.289 e. The Morgan fingerprint density at radius 2 is 1.88 bits per heavy atom. The van der Waals surface area contributed by atoms with Crippen LogP contribution >= 0.6 is 0 Å². The number of ether oxygens (including phenoxy) is 1. The third-order valence-electron chi connectivity index (χ3n) is 7.43. The molecule has 1 fully saturated rings. The number of hydrogen-bond donors (Lipinski definition) is 1. The van der Waals surface area contributed by atoms with Crippen molar-refractivity contribution in [2.45, 2.75) is 18.9 Å². The zero-order valence-corrected chi connectivity index (χ0v) is 21.8. The van der Waals surface area contributed by atoms with Crippen LogP contribution in [-0.2, 0) is 16.1 Å². The van der Waals surface area contributed by atoms with E-state index in [2.05, 4.69) is 20.8 Å². The molecule has 0 radical (unpaired) electrons. The molecule has 4 heterocycles. The summed E-state index contributed by atoms with van der Waals surface area (Å²) in [6.45, 7) is 2.12. The molecule has 1 saturated heterocycles. The second-order valence-corrected chi connectivity index (χ2v) is 10.0. The lowest BCUT2D eigenvalue weighted by Crippen LogP contribution is -2.43. The van der Waals surface area contributed by atoms with Crippen LogP contribution in [0.4, 0.5) is 0 Å². The number of rotatable bonds is 3. The average Bonchev–Trinajstić information content (AvgIpc) is 3.73. The summed E-state index contributed by atoms with van der Waals surface area (Å²) in [7, 11) is 0. The van der Waals surface area contributed by atoms with E-state index in [0.717, 1.165) is 10.9 Å². The average molecular weight is 544 g/mol. The minimum Gasteiger partial charge on any atom is -0.494 e. The molecule has 40 heavy (non-hydrogen) atoms. The number of carbonyl (C=O) groups excluding carboxylic acids is 3. The maximum atomic E-state index is 13.5. The third-order valence-corrected chi connectivity index (χ3v) is 7.43. The van der Waals surface area contributed by atoms with Crippen LogP contribution < -0.4 is 10.1 Å². The summed E-state index contributed by atoms with van der Waals surface area (Å²) in [5.74, 6) is -0.336. The quantitative estimate of drug-likeness (QED) is 0.413. The van der Waals surface area contributed by atoms with E-state index < -0.39 is 5.92 Å². The van der Waals surface area contributed by atoms with Crippen LogP contribution in [0.1, 0.15) is 28.5 Å². The predicted molar refractivity (Wildman–Crippen MR) is 142 cm³/mol. The Kier molecular flexibility index (Phi) is 7.13. The highest BCUT2D eigenvalue weighted by atomic mass is 16.5. The summed E-state index contributed by atoms with van der Waals surface area (Å²) in [6.07, 6.45) is 2.00. The van der Waals surface area contributed by atoms with Gasteiger partial charge in [-0.05, 0) is 46.7 Å². The molecule has 0 saturated carbocycles. The summed E-state index contributed by atoms with van der Waals surface area (Å²) in [4.78, 5) is 43.3. The molecule has 3 amide bonds. The molecule has 0 aliphatic carbocycles. The van der Waals surface area contributed by atoms with Gasteiger partial charge in [0.25, 0.3) is 5.91 Å². The van der Waals surface area contributed by atoms with Crippen molar-refractivity contribution in [1.29, 1.82) is 0 Å². The SMILES string of the molecule is O=C1NCCN(C(=O)Cn2cnnn2)CCCOc2cccc(c2)[C@H]2CN(C(=O)c3cc4ccccc4o3)C[C@H]12. The van der Waals surface area contributed by atoms with Crippen molar-refractivity contribution < 1.29 is 23.5 Å². The van der Waals surface area contributed by atoms with Crippen LogP contribution in [0.15, 0.2) is 65.3 Å². The van der Waals surface area contributed by atoms with E-state index in [1.54, 1.807) is 15.9 Å². The Hall–Kier alpha value is -4.74. The van der Waals surface area contributed by atoms with Crippen LogP contribution in [0, 0.1) is 5.92 Å². The molecule has 2 bridgehead atoms. The van der Waals surface area contributed by atoms with Crippen LogP contribution in [0.3, 0.4) is 0 Å². The molecule has 2 atom stereocenters. The molecule has 12 heteroatoms. The summed E-state index contributed by atoms with van der Waals surface area (Å²) in [5.41, 5.74) is 1.58. The fourth-order valence-electron chi connectivity index (χ4n) is 5.39. The minimum atomic E-state index is -0.475. The molecule has 2 aromatic carbocycles. The summed E-state index contributed by atoms with van der Waals surface area (Å²) in [6, 6.07) is 16.9. The highest BCUT2D eigenvalue weighted by Gasteiger charge is 2.41. The summed E-state index contributed by atoms with van der Waals surface area (Å²) >= 11 is 0. The molecule has 4 aromatic rings. The van der Waals surface area contributed by atoms with E-state index in [-0.39, 0.29) is 49.0 Å². The van der Waals surface area contributed by atoms with Gasteiger partial charge in [0, 0.05) is 44.0 Å². The third kappa shape index (κ3) is 5.37. The zero-order valence-electron chi connectivity index (χ0n) is 21.8. The van der Waals surface area contributed by atoms with Crippen LogP contribution in [0.25, 0.3) is 11.0 Å². The van der Waals surface area contributed by atoms with Gasteiger partial charge in [0.2, 0.25) is 11.8 Å². The van der Waals surface area contributed by atoms with Crippen molar-refractivity contribution in [3.8, 4) is 5.75 Å². The molecule has 6 rings (SSSR count). The number of nitrogens with zero attached hydrogens (tertiary/aromatic N) is 6. The van der Waals surface area contributed by atoms with Crippen LogP contribution in [0.5, 0.6) is 5.75 Å². The predicted octanol–water partition coefficient (Wildman–Crippen LogP) is 1.70. The summed E-state index contributed by atoms with van der Waals surface area (Å²) < 4.78 is 13.2. The number of tetrazole rings is 1. The van der Waals surface area contributed by atoms with E-state index >= 15 is 0 Å². The van der Waals surface area contributed by atoms with Crippen LogP contribution in [-0.4, -0.2) is 87.1 Å². The number of furan rings is 1. The number of aromatic nitrogens is 4. The van der Waals surface area contributed by atoms with Crippen molar-refractivity contribution in [3.05, 3.63) is 72.2 Å². The van der Waals surface area contributed by atoms with Gasteiger partial charge in [-0.1, -0.05) is 30.3 Å². The van der Waals surface area contributed by atoms with Crippen molar-refractivity contribution >= 4 is 28.7 Å². The second kappa shape index (κ2) is 11.2. The standard InChI is InChI=1S/C28H29N7O5/c36-26(17-35-18-30-31-32-35)33-10-4-12-39-21-7-3-6-19(13-21)22-15-34(16-23(22)27(37)29-9-11-33)28(38)25-14-20-5-1-2-8-24(20)40-25/h1-3,5-8,13-14,18,22-23H,4,9-12,15-17H2,(H,29,37)/t22-,23+/m1/s1. The highest BCUT2D eigenvalue weighted by Crippen LogP contribution is 2.35. The Morgan fingerprint density at radius 3 is 2.73 bits per heavy atom. The van der Waals surface area contributed by atoms with E-state index in [9.17, 15) is 14.4 Å². The van der Waals surface area contributed by atoms with Gasteiger partial charge in [-0.3, -0.25) is 14.4 Å². The number of para-hydroxylation sites is 1. The number of nitrogens with one attached hydrogen (secondary N) is 1. The first-order valence-corrected chi connectivity index (χ1v) is 13.3. The van der Waals surface area contributed by atoms with E-state index in [4.69, 9.17) is 9.15 Å². The van der Waals surface area contributed by atoms with E-state index in [1.165, 1.54) is 11.0 Å². The first-order valence-electron chi connectivity index (χ1n) is 13.3. The Labute approximate surface area is 229 Å². The lowest BCUT2D eigenvalue weighted by atomic mass is 9.88. The largest absolute Gasteiger partial charge is 0.494 e. The summed E-state index contributed by atoms with van der Waals surface area (Å²) in [5, 5.41) is 14.8. The monoisotopic (exact) mass is 543 g/mol. The Morgan fingerprint density at radius 1 is 1.00 bits per heavy atom. The normalized spacial score (nSPS) is 19.9. The molecule has 0 spiro atoms. The molecule has 2 aliphatic rings. The van der Waals surface area contributed by atoms with Gasteiger partial charge in [-0.15, -0.1) is 5.10 Å². The van der Waals surface area contributed by atoms with Crippen LogP contribution in [0.2, 0.25) is 0 Å². The molecular formula is C28H29N7O5. The Bertz CT molecular complexity index is 1490. The number of fused-ring (bicyclic) bond motifs is 5. The van der Waals surface area contributed by atoms with Gasteiger partial charge in [0.1, 0.15) is 24.2 Å². The maximum absolute atomic E-state index is 13.5. The van der Waals surface area contributed by atoms with Gasteiger partial charge >= 0.3 is 0 Å². The van der Waals surface area contributed by atoms with Crippen molar-refractivity contribution in [2.75, 3.05) is 39.3 Å². The van der Waals surface area contributed by atoms with Gasteiger partial charge in [0.15, 0.2) is 5.76 Å². The molecule has 0 unspecified atom stereocenters. The van der Waals surface area contributed by atoms with Crippen molar-refractivity contribution in [2.24, 2.45) is 5.92 Å². The van der Waals surface area contributed by atoms with Gasteiger partial charge in [0.05, 0.1) is 12.5 Å². The first-order chi connectivity index (χ1) is 19.5. The fraction of sp³-hybridized carbons (Fsp3) is 0.357. The minimum absolute atomic E-state index is 0.00735. The number of hydrogen-bond acceptors (Lipinski definition) is 8. The topological polar surface area (TPSA) is 136 Å². The number of carbonyl (C=O) groups is 3. The first kappa shape index (κ1) is 25.5. The van der Waals surface area contributed by atoms with Crippen molar-refractivity contribution in [1.82, 2.24) is 35.3 Å². The van der Waals surface area contributed by atoms with E-state index in [1.807, 2.05) is 48.5 Å². The molecular weight excluding hydrogens is 514 g/mol. The Balaban J connectivity index is 1.22. The fourth-order valence-corrected chi connectivity index (χ4v) is 5.39. The lowest BCUT2D eigenvalue weighted by Gasteiger charge is -2.25. The van der Waals surface area contributed by atoms with E-state index in [0.29, 0.717) is 44.0 Å². The zero-order chi connectivity index (χ0) is 27.5. The lowest BCUT2D eigenvalue weighted by molar-refractivity contribution is -0.133. The van der Waals surface area contributed by atoms with Gasteiger partial charge < -0.3 is 24.3 Å². The second-order valence-electron chi connectivity index (χ2n) is 10.0. The molecule has 1 N–H and O–H groups in total. The van der Waals surface area contributed by atoms with Gasteiger partial charge in [-0.25, -0.2) is 4.68 Å². The van der Waals surface area contributed by atoms with Gasteiger partial charge in [-0.2, -0.15) is 0 Å². The molecule has 12 nitrogen and oxygen atoms in total. The molecule has 2 aliphatic heterocycles. The number of likely N-dealkylation sites (tertiary alicyclic amines) is 1. The maximum Gasteiger partial charge on any atom is 0.289 e. The highest BCUT2D eigenvalue weighted by molar-refractivity contribution is 5.97. The molecule has 2 aromatic heterocycles. The van der Waals surface area contributed by atoms with Crippen molar-refractivity contribution in [3.63, 3.8) is 0 Å². The number of benzene rings is 2. The molecule has 206 valence electrons.